The van der Waals surface area contributed by atoms with Crippen LogP contribution in [-0.2, 0) is 20.0 Å². The first-order chi connectivity index (χ1) is 9.36. The van der Waals surface area contributed by atoms with Crippen LogP contribution in [0.4, 0.5) is 5.69 Å². The summed E-state index contributed by atoms with van der Waals surface area (Å²) in [5.41, 5.74) is 1.55. The second-order valence-corrected chi connectivity index (χ2v) is 9.40. The monoisotopic (exact) mass is 334 g/mol. The van der Waals surface area contributed by atoms with E-state index in [0.717, 1.165) is 0 Å². The van der Waals surface area contributed by atoms with Crippen LogP contribution in [0.15, 0.2) is 17.0 Å². The molecule has 0 unspecified atom stereocenters. The second-order valence-electron chi connectivity index (χ2n) is 5.60. The van der Waals surface area contributed by atoms with E-state index in [1.807, 2.05) is 13.8 Å². The molecule has 6 nitrogen and oxygen atoms in total. The number of hydrogen-bond acceptors (Lipinski definition) is 4. The molecule has 0 aliphatic rings. The van der Waals surface area contributed by atoms with E-state index in [1.54, 1.807) is 20.8 Å². The fraction of sp³-hybridized carbons (Fsp3) is 0.538. The molecule has 0 spiro atoms. The Labute approximate surface area is 126 Å². The SMILES string of the molecule is Cc1cc(S(N)(=O)=O)cc(C(C)C)c1NS(=O)(=O)C(C)C. The normalized spacial score (nSPS) is 13.0. The first kappa shape index (κ1) is 17.9. The molecule has 0 fully saturated rings. The highest BCUT2D eigenvalue weighted by molar-refractivity contribution is 7.93. The van der Waals surface area contributed by atoms with Gasteiger partial charge < -0.3 is 0 Å². The number of nitrogens with one attached hydrogen (secondary N) is 1. The molecule has 8 heteroatoms. The van der Waals surface area contributed by atoms with E-state index in [-0.39, 0.29) is 10.8 Å². The number of anilines is 1. The summed E-state index contributed by atoms with van der Waals surface area (Å²) in [5, 5.41) is 4.57. The molecular weight excluding hydrogens is 312 g/mol. The lowest BCUT2D eigenvalue weighted by Gasteiger charge is -2.20. The molecule has 0 aliphatic heterocycles. The zero-order valence-corrected chi connectivity index (χ0v) is 14.5. The number of sulfonamides is 2. The van der Waals surface area contributed by atoms with E-state index in [1.165, 1.54) is 12.1 Å². The lowest BCUT2D eigenvalue weighted by atomic mass is 9.99. The molecule has 0 aliphatic carbocycles. The quantitative estimate of drug-likeness (QED) is 0.857. The number of hydrogen-bond donors (Lipinski definition) is 2. The molecule has 0 heterocycles. The number of aryl methyl sites for hydroxylation is 1. The minimum Gasteiger partial charge on any atom is -0.283 e. The van der Waals surface area contributed by atoms with Crippen molar-refractivity contribution < 1.29 is 16.8 Å². The van der Waals surface area contributed by atoms with Crippen molar-refractivity contribution in [3.63, 3.8) is 0 Å². The van der Waals surface area contributed by atoms with Crippen molar-refractivity contribution in [3.8, 4) is 0 Å². The molecule has 0 amide bonds. The Morgan fingerprint density at radius 1 is 1.05 bits per heavy atom. The Morgan fingerprint density at radius 3 is 1.95 bits per heavy atom. The highest BCUT2D eigenvalue weighted by Crippen LogP contribution is 2.31. The molecule has 1 rings (SSSR count). The van der Waals surface area contributed by atoms with Gasteiger partial charge in [0, 0.05) is 0 Å². The van der Waals surface area contributed by atoms with Gasteiger partial charge in [-0.05, 0) is 49.9 Å². The fourth-order valence-electron chi connectivity index (χ4n) is 1.80. The second kappa shape index (κ2) is 5.94. The van der Waals surface area contributed by atoms with Crippen LogP contribution < -0.4 is 9.86 Å². The molecule has 0 radical (unpaired) electrons. The van der Waals surface area contributed by atoms with Gasteiger partial charge in [0.15, 0.2) is 0 Å². The number of benzene rings is 1. The van der Waals surface area contributed by atoms with Gasteiger partial charge in [0.2, 0.25) is 20.0 Å². The Bertz CT molecular complexity index is 736. The Balaban J connectivity index is 3.54. The summed E-state index contributed by atoms with van der Waals surface area (Å²) < 4.78 is 49.7. The standard InChI is InChI=1S/C13H22N2O4S2/c1-8(2)12-7-11(20(14,16)17)6-10(5)13(12)15-21(18,19)9(3)4/h6-9,15H,1-5H3,(H2,14,16,17). The lowest BCUT2D eigenvalue weighted by molar-refractivity contribution is 0.592. The first-order valence-electron chi connectivity index (χ1n) is 6.55. The van der Waals surface area contributed by atoms with Gasteiger partial charge in [-0.15, -0.1) is 0 Å². The highest BCUT2D eigenvalue weighted by Gasteiger charge is 2.22. The van der Waals surface area contributed by atoms with Crippen LogP contribution in [0.5, 0.6) is 0 Å². The molecule has 0 saturated heterocycles. The van der Waals surface area contributed by atoms with Crippen LogP contribution in [0, 0.1) is 6.92 Å². The third-order valence-corrected chi connectivity index (χ3v) is 5.78. The van der Waals surface area contributed by atoms with E-state index >= 15 is 0 Å². The van der Waals surface area contributed by atoms with E-state index in [9.17, 15) is 16.8 Å². The third kappa shape index (κ3) is 4.18. The van der Waals surface area contributed by atoms with Crippen molar-refractivity contribution in [2.75, 3.05) is 4.72 Å². The van der Waals surface area contributed by atoms with E-state index in [4.69, 9.17) is 5.14 Å². The van der Waals surface area contributed by atoms with Gasteiger partial charge in [0.25, 0.3) is 0 Å². The van der Waals surface area contributed by atoms with Gasteiger partial charge in [-0.25, -0.2) is 22.0 Å². The molecular formula is C13H22N2O4S2. The molecule has 1 aromatic rings. The van der Waals surface area contributed by atoms with Crippen molar-refractivity contribution in [2.45, 2.75) is 50.7 Å². The fourth-order valence-corrected chi connectivity index (χ4v) is 3.23. The van der Waals surface area contributed by atoms with Gasteiger partial charge in [0.05, 0.1) is 15.8 Å². The summed E-state index contributed by atoms with van der Waals surface area (Å²) in [5.74, 6) is -0.0599. The summed E-state index contributed by atoms with van der Waals surface area (Å²) >= 11 is 0. The van der Waals surface area contributed by atoms with Crippen LogP contribution in [-0.4, -0.2) is 22.1 Å². The minimum atomic E-state index is -3.84. The molecule has 3 N–H and O–H groups in total. The van der Waals surface area contributed by atoms with Crippen LogP contribution >= 0.6 is 0 Å². The van der Waals surface area contributed by atoms with Crippen LogP contribution in [0.2, 0.25) is 0 Å². The van der Waals surface area contributed by atoms with Gasteiger partial charge in [-0.3, -0.25) is 4.72 Å². The lowest BCUT2D eigenvalue weighted by Crippen LogP contribution is -2.24. The summed E-state index contributed by atoms with van der Waals surface area (Å²) in [6, 6.07) is 2.80. The van der Waals surface area contributed by atoms with Crippen LogP contribution in [0.25, 0.3) is 0 Å². The molecule has 120 valence electrons. The van der Waals surface area contributed by atoms with E-state index < -0.39 is 25.3 Å². The van der Waals surface area contributed by atoms with Crippen LogP contribution in [0.1, 0.15) is 44.7 Å². The Morgan fingerprint density at radius 2 is 1.57 bits per heavy atom. The maximum Gasteiger partial charge on any atom is 0.238 e. The van der Waals surface area contributed by atoms with Crippen molar-refractivity contribution in [1.29, 1.82) is 0 Å². The minimum absolute atomic E-state index is 0.0174. The summed E-state index contributed by atoms with van der Waals surface area (Å²) in [4.78, 5) is -0.0174. The van der Waals surface area contributed by atoms with E-state index in [2.05, 4.69) is 4.72 Å². The van der Waals surface area contributed by atoms with Gasteiger partial charge in [-0.2, -0.15) is 0 Å². The van der Waals surface area contributed by atoms with Crippen molar-refractivity contribution >= 4 is 25.7 Å². The maximum absolute atomic E-state index is 12.1. The zero-order chi connectivity index (χ0) is 16.6. The number of primary sulfonamides is 1. The van der Waals surface area contributed by atoms with Crippen molar-refractivity contribution in [2.24, 2.45) is 5.14 Å². The predicted octanol–water partition coefficient (Wildman–Crippen LogP) is 1.92. The number of nitrogens with two attached hydrogens (primary N) is 1. The summed E-state index contributed by atoms with van der Waals surface area (Å²) in [6.07, 6.45) is 0. The van der Waals surface area contributed by atoms with E-state index in [0.29, 0.717) is 16.8 Å². The predicted molar refractivity (Wildman–Crippen MR) is 84.3 cm³/mol. The molecule has 0 atom stereocenters. The zero-order valence-electron chi connectivity index (χ0n) is 12.8. The number of rotatable bonds is 5. The average Bonchev–Trinajstić information content (AvgIpc) is 2.29. The summed E-state index contributed by atoms with van der Waals surface area (Å²) in [7, 11) is -7.34. The van der Waals surface area contributed by atoms with Gasteiger partial charge >= 0.3 is 0 Å². The topological polar surface area (TPSA) is 106 Å². The molecule has 1 aromatic carbocycles. The van der Waals surface area contributed by atoms with Crippen molar-refractivity contribution in [3.05, 3.63) is 23.3 Å². The largest absolute Gasteiger partial charge is 0.283 e. The molecule has 21 heavy (non-hydrogen) atoms. The Hall–Kier alpha value is -1.12. The smallest absolute Gasteiger partial charge is 0.238 e. The highest BCUT2D eigenvalue weighted by atomic mass is 32.2. The van der Waals surface area contributed by atoms with Crippen LogP contribution in [0.3, 0.4) is 0 Å². The summed E-state index contributed by atoms with van der Waals surface area (Å²) in [6.45, 7) is 8.51. The first-order valence-corrected chi connectivity index (χ1v) is 9.64. The molecule has 0 saturated carbocycles. The molecule has 0 bridgehead atoms. The third-order valence-electron chi connectivity index (χ3n) is 3.16. The molecule has 0 aromatic heterocycles. The van der Waals surface area contributed by atoms with Gasteiger partial charge in [0.1, 0.15) is 0 Å². The Kier molecular flexibility index (Phi) is 5.07. The van der Waals surface area contributed by atoms with Crippen molar-refractivity contribution in [1.82, 2.24) is 0 Å². The van der Waals surface area contributed by atoms with Gasteiger partial charge in [-0.1, -0.05) is 13.8 Å². The maximum atomic E-state index is 12.1. The average molecular weight is 334 g/mol.